The van der Waals surface area contributed by atoms with Crippen LogP contribution in [0.3, 0.4) is 0 Å². The van der Waals surface area contributed by atoms with Gasteiger partial charge in [0.1, 0.15) is 0 Å². The first kappa shape index (κ1) is 11.2. The standard InChI is InChI=1S/C12H14N2OS/c1-9-12(16-14-13-9)11(15)8-7-10-5-3-2-4-6-10/h2-6,11,15H,7-8H2,1H3. The van der Waals surface area contributed by atoms with Gasteiger partial charge in [-0.2, -0.15) is 0 Å². The third-order valence-corrected chi connectivity index (χ3v) is 3.47. The molecule has 0 amide bonds. The fraction of sp³-hybridized carbons (Fsp3) is 0.333. The van der Waals surface area contributed by atoms with Gasteiger partial charge in [-0.1, -0.05) is 34.8 Å². The smallest absolute Gasteiger partial charge is 0.0920 e. The van der Waals surface area contributed by atoms with E-state index < -0.39 is 6.10 Å². The van der Waals surface area contributed by atoms with Gasteiger partial charge in [-0.3, -0.25) is 0 Å². The van der Waals surface area contributed by atoms with Crippen LogP contribution in [-0.2, 0) is 6.42 Å². The first-order valence-corrected chi connectivity index (χ1v) is 6.05. The minimum atomic E-state index is -0.444. The van der Waals surface area contributed by atoms with Crippen molar-refractivity contribution in [3.63, 3.8) is 0 Å². The molecule has 0 aliphatic heterocycles. The summed E-state index contributed by atoms with van der Waals surface area (Å²) >= 11 is 1.28. The van der Waals surface area contributed by atoms with Crippen molar-refractivity contribution in [3.05, 3.63) is 46.5 Å². The second-order valence-corrected chi connectivity index (χ2v) is 4.55. The highest BCUT2D eigenvalue weighted by atomic mass is 32.1. The van der Waals surface area contributed by atoms with Crippen molar-refractivity contribution in [2.45, 2.75) is 25.9 Å². The molecule has 0 aliphatic carbocycles. The molecule has 1 aromatic heterocycles. The summed E-state index contributed by atoms with van der Waals surface area (Å²) < 4.78 is 3.83. The Bertz CT molecular complexity index is 441. The van der Waals surface area contributed by atoms with Gasteiger partial charge < -0.3 is 5.11 Å². The van der Waals surface area contributed by atoms with Crippen LogP contribution in [0, 0.1) is 6.92 Å². The van der Waals surface area contributed by atoms with Crippen LogP contribution in [0.5, 0.6) is 0 Å². The van der Waals surface area contributed by atoms with Crippen LogP contribution < -0.4 is 0 Å². The molecule has 1 unspecified atom stereocenters. The summed E-state index contributed by atoms with van der Waals surface area (Å²) in [5.74, 6) is 0. The van der Waals surface area contributed by atoms with E-state index in [0.29, 0.717) is 6.42 Å². The maximum Gasteiger partial charge on any atom is 0.0920 e. The number of aromatic nitrogens is 2. The highest BCUT2D eigenvalue weighted by Crippen LogP contribution is 2.23. The fourth-order valence-corrected chi connectivity index (χ4v) is 2.29. The van der Waals surface area contributed by atoms with Crippen LogP contribution in [0.15, 0.2) is 30.3 Å². The van der Waals surface area contributed by atoms with Crippen molar-refractivity contribution in [2.24, 2.45) is 0 Å². The van der Waals surface area contributed by atoms with Crippen molar-refractivity contribution < 1.29 is 5.11 Å². The monoisotopic (exact) mass is 234 g/mol. The van der Waals surface area contributed by atoms with Gasteiger partial charge in [0.15, 0.2) is 0 Å². The first-order chi connectivity index (χ1) is 7.77. The molecule has 1 heterocycles. The van der Waals surface area contributed by atoms with Gasteiger partial charge >= 0.3 is 0 Å². The zero-order valence-electron chi connectivity index (χ0n) is 9.13. The Kier molecular flexibility index (Phi) is 3.64. The Hall–Kier alpha value is -1.26. The Morgan fingerprint density at radius 2 is 2.06 bits per heavy atom. The van der Waals surface area contributed by atoms with E-state index in [2.05, 4.69) is 21.7 Å². The highest BCUT2D eigenvalue weighted by molar-refractivity contribution is 7.05. The van der Waals surface area contributed by atoms with Gasteiger partial charge in [0.25, 0.3) is 0 Å². The normalized spacial score (nSPS) is 12.6. The lowest BCUT2D eigenvalue weighted by molar-refractivity contribution is 0.170. The highest BCUT2D eigenvalue weighted by Gasteiger charge is 2.13. The zero-order chi connectivity index (χ0) is 11.4. The second kappa shape index (κ2) is 5.18. The van der Waals surface area contributed by atoms with Crippen molar-refractivity contribution in [3.8, 4) is 0 Å². The molecule has 1 aromatic carbocycles. The van der Waals surface area contributed by atoms with Crippen molar-refractivity contribution in [2.75, 3.05) is 0 Å². The SMILES string of the molecule is Cc1nnsc1C(O)CCc1ccccc1. The Labute approximate surface area is 98.9 Å². The molecule has 0 bridgehead atoms. The Morgan fingerprint density at radius 3 is 2.69 bits per heavy atom. The predicted octanol–water partition coefficient (Wildman–Crippen LogP) is 2.51. The van der Waals surface area contributed by atoms with Crippen LogP contribution in [-0.4, -0.2) is 14.7 Å². The lowest BCUT2D eigenvalue weighted by Gasteiger charge is -2.08. The maximum absolute atomic E-state index is 9.98. The third kappa shape index (κ3) is 2.65. The molecule has 0 saturated carbocycles. The maximum atomic E-state index is 9.98. The van der Waals surface area contributed by atoms with Crippen molar-refractivity contribution >= 4 is 11.5 Å². The molecule has 2 aromatic rings. The van der Waals surface area contributed by atoms with E-state index >= 15 is 0 Å². The molecule has 1 N–H and O–H groups in total. The van der Waals surface area contributed by atoms with E-state index in [9.17, 15) is 5.11 Å². The second-order valence-electron chi connectivity index (χ2n) is 3.76. The summed E-state index contributed by atoms with van der Waals surface area (Å²) in [6, 6.07) is 10.2. The van der Waals surface area contributed by atoms with E-state index in [0.717, 1.165) is 17.0 Å². The summed E-state index contributed by atoms with van der Waals surface area (Å²) in [5, 5.41) is 13.9. The average molecular weight is 234 g/mol. The molecule has 0 radical (unpaired) electrons. The Balaban J connectivity index is 1.94. The summed E-state index contributed by atoms with van der Waals surface area (Å²) in [4.78, 5) is 0.885. The molecule has 84 valence electrons. The number of hydrogen-bond acceptors (Lipinski definition) is 4. The summed E-state index contributed by atoms with van der Waals surface area (Å²) in [7, 11) is 0. The molecule has 16 heavy (non-hydrogen) atoms. The number of aryl methyl sites for hydroxylation is 2. The first-order valence-electron chi connectivity index (χ1n) is 5.28. The molecule has 3 nitrogen and oxygen atoms in total. The zero-order valence-corrected chi connectivity index (χ0v) is 9.94. The molecule has 4 heteroatoms. The Morgan fingerprint density at radius 1 is 1.31 bits per heavy atom. The summed E-state index contributed by atoms with van der Waals surface area (Å²) in [5.41, 5.74) is 2.09. The molecular weight excluding hydrogens is 220 g/mol. The van der Waals surface area contributed by atoms with E-state index in [4.69, 9.17) is 0 Å². The summed E-state index contributed by atoms with van der Waals surface area (Å²) in [6.07, 6.45) is 1.15. The minimum Gasteiger partial charge on any atom is -0.387 e. The van der Waals surface area contributed by atoms with Gasteiger partial charge in [-0.05, 0) is 36.9 Å². The van der Waals surface area contributed by atoms with Gasteiger partial charge in [-0.15, -0.1) is 5.10 Å². The van der Waals surface area contributed by atoms with Crippen molar-refractivity contribution in [1.82, 2.24) is 9.59 Å². The summed E-state index contributed by atoms with van der Waals surface area (Å²) in [6.45, 7) is 1.88. The van der Waals surface area contributed by atoms with Crippen LogP contribution in [0.1, 0.15) is 28.7 Å². The van der Waals surface area contributed by atoms with Gasteiger partial charge in [-0.25, -0.2) is 0 Å². The molecule has 1 atom stereocenters. The van der Waals surface area contributed by atoms with E-state index in [-0.39, 0.29) is 0 Å². The molecule has 0 saturated heterocycles. The number of aliphatic hydroxyl groups is 1. The molecule has 0 fully saturated rings. The third-order valence-electron chi connectivity index (χ3n) is 2.54. The molecule has 2 rings (SSSR count). The van der Waals surface area contributed by atoms with E-state index in [1.54, 1.807) is 0 Å². The van der Waals surface area contributed by atoms with Crippen molar-refractivity contribution in [1.29, 1.82) is 0 Å². The van der Waals surface area contributed by atoms with Gasteiger partial charge in [0.2, 0.25) is 0 Å². The van der Waals surface area contributed by atoms with Crippen LogP contribution in [0.2, 0.25) is 0 Å². The molecule has 0 spiro atoms. The molecule has 0 aliphatic rings. The minimum absolute atomic E-state index is 0.444. The average Bonchev–Trinajstić information content (AvgIpc) is 2.74. The van der Waals surface area contributed by atoms with Crippen LogP contribution in [0.4, 0.5) is 0 Å². The lowest BCUT2D eigenvalue weighted by Crippen LogP contribution is -1.99. The van der Waals surface area contributed by atoms with Crippen LogP contribution >= 0.6 is 11.5 Å². The van der Waals surface area contributed by atoms with E-state index in [1.165, 1.54) is 17.1 Å². The van der Waals surface area contributed by atoms with Crippen LogP contribution in [0.25, 0.3) is 0 Å². The fourth-order valence-electron chi connectivity index (χ4n) is 1.62. The van der Waals surface area contributed by atoms with Gasteiger partial charge in [0, 0.05) is 0 Å². The number of nitrogens with zero attached hydrogens (tertiary/aromatic N) is 2. The topological polar surface area (TPSA) is 46.0 Å². The van der Waals surface area contributed by atoms with Gasteiger partial charge in [0.05, 0.1) is 16.7 Å². The number of hydrogen-bond donors (Lipinski definition) is 1. The number of benzene rings is 1. The molecular formula is C12H14N2OS. The largest absolute Gasteiger partial charge is 0.387 e. The lowest BCUT2D eigenvalue weighted by atomic mass is 10.1. The number of aliphatic hydroxyl groups excluding tert-OH is 1. The predicted molar refractivity (Wildman–Crippen MR) is 64.4 cm³/mol. The van der Waals surface area contributed by atoms with E-state index in [1.807, 2.05) is 25.1 Å². The quantitative estimate of drug-likeness (QED) is 0.884. The number of rotatable bonds is 4.